The van der Waals surface area contributed by atoms with Crippen molar-refractivity contribution in [2.75, 3.05) is 0 Å². The molecule has 1 aromatic carbocycles. The van der Waals surface area contributed by atoms with E-state index in [1.807, 2.05) is 0 Å². The van der Waals surface area contributed by atoms with Crippen molar-refractivity contribution in [3.05, 3.63) is 34.3 Å². The Bertz CT molecular complexity index is 395. The van der Waals surface area contributed by atoms with Gasteiger partial charge in [-0.2, -0.15) is 0 Å². The van der Waals surface area contributed by atoms with Gasteiger partial charge in [0.2, 0.25) is 5.91 Å². The largest absolute Gasteiger partial charge is 0.390 e. The van der Waals surface area contributed by atoms with Crippen LogP contribution in [0.2, 0.25) is 5.02 Å². The van der Waals surface area contributed by atoms with Crippen molar-refractivity contribution in [1.29, 1.82) is 0 Å². The molecule has 0 aliphatic heterocycles. The summed E-state index contributed by atoms with van der Waals surface area (Å²) in [7, 11) is 0. The Labute approximate surface area is 98.6 Å². The lowest BCUT2D eigenvalue weighted by Crippen LogP contribution is -2.25. The molecule has 4 nitrogen and oxygen atoms in total. The van der Waals surface area contributed by atoms with E-state index in [9.17, 15) is 15.0 Å². The van der Waals surface area contributed by atoms with Crippen LogP contribution in [0, 0.1) is 6.92 Å². The van der Waals surface area contributed by atoms with Crippen LogP contribution >= 0.6 is 11.6 Å². The van der Waals surface area contributed by atoms with Gasteiger partial charge in [0.05, 0.1) is 12.5 Å². The van der Waals surface area contributed by atoms with E-state index >= 15 is 0 Å². The number of rotatable bonds is 4. The van der Waals surface area contributed by atoms with Crippen molar-refractivity contribution < 1.29 is 15.0 Å². The fraction of sp³-hybridized carbons (Fsp3) is 0.364. The average Bonchev–Trinajstić information content (AvgIpc) is 2.20. The topological polar surface area (TPSA) is 83.6 Å². The molecule has 88 valence electrons. The van der Waals surface area contributed by atoms with Crippen molar-refractivity contribution >= 4 is 17.5 Å². The molecule has 0 aliphatic rings. The summed E-state index contributed by atoms with van der Waals surface area (Å²) < 4.78 is 0. The second-order valence-electron chi connectivity index (χ2n) is 3.69. The minimum atomic E-state index is -1.20. The molecule has 0 saturated heterocycles. The number of primary amides is 1. The van der Waals surface area contributed by atoms with Gasteiger partial charge in [-0.05, 0) is 24.1 Å². The quantitative estimate of drug-likeness (QED) is 0.735. The lowest BCUT2D eigenvalue weighted by Gasteiger charge is -2.17. The number of carbonyl (C=O) groups excluding carboxylic acids is 1. The first kappa shape index (κ1) is 13.0. The Morgan fingerprint density at radius 1 is 1.50 bits per heavy atom. The normalized spacial score (nSPS) is 14.5. The van der Waals surface area contributed by atoms with E-state index in [-0.39, 0.29) is 6.42 Å². The molecule has 0 heterocycles. The predicted octanol–water partition coefficient (Wildman–Crippen LogP) is 0.918. The molecule has 0 aliphatic carbocycles. The molecule has 16 heavy (non-hydrogen) atoms. The molecular weight excluding hydrogens is 230 g/mol. The number of hydrogen-bond donors (Lipinski definition) is 3. The van der Waals surface area contributed by atoms with Gasteiger partial charge in [0.15, 0.2) is 0 Å². The molecule has 1 amide bonds. The highest BCUT2D eigenvalue weighted by atomic mass is 35.5. The second kappa shape index (κ2) is 5.30. The van der Waals surface area contributed by atoms with Gasteiger partial charge in [0, 0.05) is 5.02 Å². The van der Waals surface area contributed by atoms with Crippen molar-refractivity contribution in [3.8, 4) is 0 Å². The lowest BCUT2D eigenvalue weighted by molar-refractivity contribution is -0.121. The molecule has 2 unspecified atom stereocenters. The monoisotopic (exact) mass is 243 g/mol. The summed E-state index contributed by atoms with van der Waals surface area (Å²) in [5, 5.41) is 19.9. The highest BCUT2D eigenvalue weighted by molar-refractivity contribution is 6.31. The fourth-order valence-corrected chi connectivity index (χ4v) is 1.51. The summed E-state index contributed by atoms with van der Waals surface area (Å²) in [6, 6.07) is 4.90. The summed E-state index contributed by atoms with van der Waals surface area (Å²) >= 11 is 5.83. The SMILES string of the molecule is Cc1cc(C(O)C(O)CC(N)=O)ccc1Cl. The lowest BCUT2D eigenvalue weighted by atomic mass is 10.0. The number of hydrogen-bond acceptors (Lipinski definition) is 3. The molecule has 0 fully saturated rings. The van der Waals surface area contributed by atoms with E-state index < -0.39 is 18.1 Å². The third kappa shape index (κ3) is 3.20. The third-order valence-electron chi connectivity index (χ3n) is 2.30. The van der Waals surface area contributed by atoms with Gasteiger partial charge in [-0.25, -0.2) is 0 Å². The summed E-state index contributed by atoms with van der Waals surface area (Å²) in [6.07, 6.45) is -2.61. The standard InChI is InChI=1S/C11H14ClNO3/c1-6-4-7(2-3-8(6)12)11(16)9(14)5-10(13)15/h2-4,9,11,14,16H,5H2,1H3,(H2,13,15). The Kier molecular flexibility index (Phi) is 4.29. The van der Waals surface area contributed by atoms with Gasteiger partial charge in [-0.3, -0.25) is 4.79 Å². The molecule has 0 aromatic heterocycles. The van der Waals surface area contributed by atoms with Crippen molar-refractivity contribution in [2.45, 2.75) is 25.6 Å². The van der Waals surface area contributed by atoms with Crippen LogP contribution in [-0.4, -0.2) is 22.2 Å². The summed E-state index contributed by atoms with van der Waals surface area (Å²) in [4.78, 5) is 10.6. The maximum Gasteiger partial charge on any atom is 0.220 e. The van der Waals surface area contributed by atoms with Gasteiger partial charge in [-0.1, -0.05) is 23.7 Å². The molecule has 0 spiro atoms. The number of benzene rings is 1. The van der Waals surface area contributed by atoms with Crippen LogP contribution in [-0.2, 0) is 4.79 Å². The minimum Gasteiger partial charge on any atom is -0.390 e. The average molecular weight is 244 g/mol. The Morgan fingerprint density at radius 3 is 2.62 bits per heavy atom. The molecule has 0 radical (unpaired) electrons. The highest BCUT2D eigenvalue weighted by Gasteiger charge is 2.20. The molecule has 0 saturated carbocycles. The zero-order chi connectivity index (χ0) is 12.3. The maximum atomic E-state index is 10.6. The van der Waals surface area contributed by atoms with Crippen LogP contribution in [0.1, 0.15) is 23.7 Å². The van der Waals surface area contributed by atoms with Crippen molar-refractivity contribution in [3.63, 3.8) is 0 Å². The molecule has 4 N–H and O–H groups in total. The van der Waals surface area contributed by atoms with Gasteiger partial charge in [-0.15, -0.1) is 0 Å². The van der Waals surface area contributed by atoms with E-state index in [1.165, 1.54) is 0 Å². The number of halogens is 1. The Morgan fingerprint density at radius 2 is 2.12 bits per heavy atom. The molecule has 1 rings (SSSR count). The molecular formula is C11H14ClNO3. The van der Waals surface area contributed by atoms with Crippen LogP contribution in [0.5, 0.6) is 0 Å². The van der Waals surface area contributed by atoms with E-state index in [1.54, 1.807) is 25.1 Å². The summed E-state index contributed by atoms with van der Waals surface area (Å²) in [6.45, 7) is 1.79. The van der Waals surface area contributed by atoms with Crippen LogP contribution < -0.4 is 5.73 Å². The molecule has 5 heteroatoms. The predicted molar refractivity (Wildman–Crippen MR) is 61.0 cm³/mol. The van der Waals surface area contributed by atoms with E-state index in [0.29, 0.717) is 10.6 Å². The number of carbonyl (C=O) groups is 1. The van der Waals surface area contributed by atoms with Gasteiger partial charge < -0.3 is 15.9 Å². The third-order valence-corrected chi connectivity index (χ3v) is 2.72. The summed E-state index contributed by atoms with van der Waals surface area (Å²) in [5.74, 6) is -0.655. The van der Waals surface area contributed by atoms with Gasteiger partial charge in [0.25, 0.3) is 0 Å². The first-order valence-electron chi connectivity index (χ1n) is 4.82. The van der Waals surface area contributed by atoms with Gasteiger partial charge >= 0.3 is 0 Å². The van der Waals surface area contributed by atoms with E-state index in [2.05, 4.69) is 0 Å². The van der Waals surface area contributed by atoms with E-state index in [4.69, 9.17) is 17.3 Å². The maximum absolute atomic E-state index is 10.6. The van der Waals surface area contributed by atoms with Crippen LogP contribution in [0.15, 0.2) is 18.2 Å². The van der Waals surface area contributed by atoms with Crippen molar-refractivity contribution in [2.24, 2.45) is 5.73 Å². The summed E-state index contributed by atoms with van der Waals surface area (Å²) in [5.41, 5.74) is 6.24. The first-order valence-corrected chi connectivity index (χ1v) is 5.20. The zero-order valence-electron chi connectivity index (χ0n) is 8.85. The highest BCUT2D eigenvalue weighted by Crippen LogP contribution is 2.23. The number of aliphatic hydroxyl groups excluding tert-OH is 2. The van der Waals surface area contributed by atoms with E-state index in [0.717, 1.165) is 5.56 Å². The number of aliphatic hydroxyl groups is 2. The van der Waals surface area contributed by atoms with Crippen LogP contribution in [0.4, 0.5) is 0 Å². The van der Waals surface area contributed by atoms with Crippen LogP contribution in [0.3, 0.4) is 0 Å². The molecule has 0 bridgehead atoms. The first-order chi connectivity index (χ1) is 7.41. The zero-order valence-corrected chi connectivity index (χ0v) is 9.61. The number of nitrogens with two attached hydrogens (primary N) is 1. The van der Waals surface area contributed by atoms with Crippen LogP contribution in [0.25, 0.3) is 0 Å². The molecule has 1 aromatic rings. The Hall–Kier alpha value is -1.10. The Balaban J connectivity index is 2.83. The number of amides is 1. The second-order valence-corrected chi connectivity index (χ2v) is 4.10. The number of aryl methyl sites for hydroxylation is 1. The fourth-order valence-electron chi connectivity index (χ4n) is 1.39. The molecule has 2 atom stereocenters. The minimum absolute atomic E-state index is 0.275. The smallest absolute Gasteiger partial charge is 0.220 e. The van der Waals surface area contributed by atoms with Gasteiger partial charge in [0.1, 0.15) is 6.10 Å². The van der Waals surface area contributed by atoms with Crippen molar-refractivity contribution in [1.82, 2.24) is 0 Å².